The summed E-state index contributed by atoms with van der Waals surface area (Å²) in [6, 6.07) is 13.8. The van der Waals surface area contributed by atoms with Crippen LogP contribution >= 0.6 is 15.9 Å². The molecule has 30 heavy (non-hydrogen) atoms. The zero-order valence-electron chi connectivity index (χ0n) is 17.3. The van der Waals surface area contributed by atoms with E-state index in [2.05, 4.69) is 42.0 Å². The van der Waals surface area contributed by atoms with Crippen molar-refractivity contribution in [1.82, 2.24) is 4.98 Å². The number of nitro groups is 1. The molecule has 0 aliphatic carbocycles. The highest BCUT2D eigenvalue weighted by molar-refractivity contribution is 9.10. The van der Waals surface area contributed by atoms with Gasteiger partial charge in [0.25, 0.3) is 5.69 Å². The molecule has 3 rings (SSSR count). The third-order valence-corrected chi connectivity index (χ3v) is 5.04. The van der Waals surface area contributed by atoms with E-state index in [1.165, 1.54) is 12.1 Å². The number of rotatable bonds is 7. The van der Waals surface area contributed by atoms with E-state index in [0.717, 1.165) is 10.2 Å². The zero-order chi connectivity index (χ0) is 21.9. The first-order valence-corrected chi connectivity index (χ1v) is 10.4. The molecular weight excluding hydrogens is 450 g/mol. The molecule has 1 atom stereocenters. The number of hydrogen-bond acceptors (Lipinski definition) is 6. The van der Waals surface area contributed by atoms with Crippen LogP contribution in [0.2, 0.25) is 0 Å². The predicted octanol–water partition coefficient (Wildman–Crippen LogP) is 6.61. The van der Waals surface area contributed by atoms with E-state index in [4.69, 9.17) is 14.1 Å². The fourth-order valence-corrected chi connectivity index (χ4v) is 3.22. The van der Waals surface area contributed by atoms with Gasteiger partial charge in [-0.15, -0.1) is 0 Å². The first-order chi connectivity index (χ1) is 14.2. The zero-order valence-corrected chi connectivity index (χ0v) is 18.9. The number of halogens is 1. The Bertz CT molecular complexity index is 1010. The van der Waals surface area contributed by atoms with Crippen LogP contribution in [0.3, 0.4) is 0 Å². The first-order valence-electron chi connectivity index (χ1n) is 9.59. The molecule has 0 aliphatic rings. The number of anilines is 1. The van der Waals surface area contributed by atoms with Gasteiger partial charge in [0.15, 0.2) is 5.69 Å². The second-order valence-electron chi connectivity index (χ2n) is 7.88. The molecule has 1 N–H and O–H groups in total. The number of nitrogens with zero attached hydrogens (tertiary/aromatic N) is 2. The van der Waals surface area contributed by atoms with Crippen molar-refractivity contribution in [3.05, 3.63) is 69.0 Å². The quantitative estimate of drug-likeness (QED) is 0.306. The van der Waals surface area contributed by atoms with E-state index < -0.39 is 4.92 Å². The summed E-state index contributed by atoms with van der Waals surface area (Å²) in [5, 5.41) is 14.5. The highest BCUT2D eigenvalue weighted by atomic mass is 79.9. The van der Waals surface area contributed by atoms with Crippen molar-refractivity contribution in [2.75, 3.05) is 11.9 Å². The maximum Gasteiger partial charge on any atom is 0.313 e. The van der Waals surface area contributed by atoms with Gasteiger partial charge in [-0.2, -0.15) is 0 Å². The number of nitrogens with one attached hydrogen (secondary N) is 1. The summed E-state index contributed by atoms with van der Waals surface area (Å²) >= 11 is 3.45. The smallest absolute Gasteiger partial charge is 0.313 e. The van der Waals surface area contributed by atoms with Crippen molar-refractivity contribution < 1.29 is 14.1 Å². The Kier molecular flexibility index (Phi) is 6.45. The first kappa shape index (κ1) is 21.8. The van der Waals surface area contributed by atoms with E-state index in [0.29, 0.717) is 29.7 Å². The van der Waals surface area contributed by atoms with Crippen LogP contribution in [0.4, 0.5) is 11.4 Å². The molecule has 0 bridgehead atoms. The number of non-ortho nitro benzene ring substituents is 1. The van der Waals surface area contributed by atoms with Crippen molar-refractivity contribution >= 4 is 27.3 Å². The van der Waals surface area contributed by atoms with Gasteiger partial charge in [-0.05, 0) is 48.7 Å². The number of ether oxygens (including phenoxy) is 1. The van der Waals surface area contributed by atoms with Gasteiger partial charge in [-0.25, -0.2) is 4.98 Å². The lowest BCUT2D eigenvalue weighted by molar-refractivity contribution is -0.384. The SMILES string of the molecule is CCOc1oc([C@H](Nc2ccc(Br)cc2)C(C)(C)C)nc1-c1ccc([N+](=O)[O-])cc1. The lowest BCUT2D eigenvalue weighted by atomic mass is 9.86. The second kappa shape index (κ2) is 8.87. The highest BCUT2D eigenvalue weighted by Gasteiger charge is 2.32. The van der Waals surface area contributed by atoms with E-state index in [9.17, 15) is 10.1 Å². The summed E-state index contributed by atoms with van der Waals surface area (Å²) in [5.74, 6) is 0.787. The van der Waals surface area contributed by atoms with Crippen molar-refractivity contribution in [3.63, 3.8) is 0 Å². The summed E-state index contributed by atoms with van der Waals surface area (Å²) in [6.45, 7) is 8.57. The second-order valence-corrected chi connectivity index (χ2v) is 8.79. The minimum absolute atomic E-state index is 0.0184. The van der Waals surface area contributed by atoms with Crippen molar-refractivity contribution in [3.8, 4) is 17.2 Å². The van der Waals surface area contributed by atoms with E-state index in [1.54, 1.807) is 12.1 Å². The van der Waals surface area contributed by atoms with Gasteiger partial charge in [-0.1, -0.05) is 36.7 Å². The Morgan fingerprint density at radius 1 is 1.17 bits per heavy atom. The standard InChI is InChI=1S/C22H24BrN3O4/c1-5-29-21-18(14-6-12-17(13-7-14)26(27)28)25-20(30-21)19(22(2,3)4)24-16-10-8-15(23)9-11-16/h6-13,19,24H,5H2,1-4H3/t19-/m0/s1. The molecule has 0 aliphatic heterocycles. The number of hydrogen-bond donors (Lipinski definition) is 1. The molecule has 0 amide bonds. The maximum atomic E-state index is 11.0. The molecule has 0 spiro atoms. The average molecular weight is 474 g/mol. The van der Waals surface area contributed by atoms with Crippen molar-refractivity contribution in [1.29, 1.82) is 0 Å². The summed E-state index contributed by atoms with van der Waals surface area (Å²) in [7, 11) is 0. The lowest BCUT2D eigenvalue weighted by Gasteiger charge is -2.29. The Balaban J connectivity index is 2.00. The van der Waals surface area contributed by atoms with Crippen LogP contribution in [-0.4, -0.2) is 16.5 Å². The lowest BCUT2D eigenvalue weighted by Crippen LogP contribution is -2.26. The highest BCUT2D eigenvalue weighted by Crippen LogP contribution is 2.40. The molecule has 1 heterocycles. The Morgan fingerprint density at radius 3 is 2.33 bits per heavy atom. The van der Waals surface area contributed by atoms with E-state index >= 15 is 0 Å². The molecule has 0 fully saturated rings. The monoisotopic (exact) mass is 473 g/mol. The van der Waals surface area contributed by atoms with Gasteiger partial charge in [-0.3, -0.25) is 10.1 Å². The predicted molar refractivity (Wildman–Crippen MR) is 120 cm³/mol. The van der Waals surface area contributed by atoms with E-state index in [-0.39, 0.29) is 17.1 Å². The topological polar surface area (TPSA) is 90.4 Å². The van der Waals surface area contributed by atoms with Crippen LogP contribution < -0.4 is 10.1 Å². The Hall–Kier alpha value is -2.87. The minimum atomic E-state index is -0.431. The van der Waals surface area contributed by atoms with Crippen LogP contribution in [0, 0.1) is 15.5 Å². The molecule has 0 radical (unpaired) electrons. The van der Waals surface area contributed by atoms with Gasteiger partial charge in [0.05, 0.1) is 11.5 Å². The van der Waals surface area contributed by atoms with Crippen LogP contribution in [0.15, 0.2) is 57.4 Å². The molecule has 3 aromatic rings. The molecule has 1 aromatic heterocycles. The number of benzene rings is 2. The maximum absolute atomic E-state index is 11.0. The molecule has 2 aromatic carbocycles. The summed E-state index contributed by atoms with van der Waals surface area (Å²) in [4.78, 5) is 15.2. The van der Waals surface area contributed by atoms with Crippen LogP contribution in [-0.2, 0) is 0 Å². The van der Waals surface area contributed by atoms with Gasteiger partial charge in [0, 0.05) is 27.9 Å². The molecule has 0 saturated carbocycles. The third-order valence-electron chi connectivity index (χ3n) is 4.51. The van der Waals surface area contributed by atoms with Gasteiger partial charge < -0.3 is 14.5 Å². The van der Waals surface area contributed by atoms with E-state index in [1.807, 2.05) is 31.2 Å². The van der Waals surface area contributed by atoms with Crippen LogP contribution in [0.5, 0.6) is 5.95 Å². The third kappa shape index (κ3) is 4.99. The molecule has 0 saturated heterocycles. The summed E-state index contributed by atoms with van der Waals surface area (Å²) in [5.41, 5.74) is 1.95. The van der Waals surface area contributed by atoms with Crippen LogP contribution in [0.25, 0.3) is 11.3 Å². The number of nitro benzene ring substituents is 1. The Morgan fingerprint density at radius 2 is 1.80 bits per heavy atom. The average Bonchev–Trinajstić information content (AvgIpc) is 3.10. The van der Waals surface area contributed by atoms with Gasteiger partial charge in [0.2, 0.25) is 5.89 Å². The van der Waals surface area contributed by atoms with Crippen molar-refractivity contribution in [2.24, 2.45) is 5.41 Å². The Labute approximate surface area is 183 Å². The van der Waals surface area contributed by atoms with Gasteiger partial charge >= 0.3 is 5.95 Å². The number of aromatic nitrogens is 1. The van der Waals surface area contributed by atoms with Gasteiger partial charge in [0.1, 0.15) is 6.04 Å². The normalized spacial score (nSPS) is 12.4. The fraction of sp³-hybridized carbons (Fsp3) is 0.318. The summed E-state index contributed by atoms with van der Waals surface area (Å²) in [6.07, 6.45) is 0. The molecule has 0 unspecified atom stereocenters. The number of oxazole rings is 1. The molecular formula is C22H24BrN3O4. The summed E-state index contributed by atoms with van der Waals surface area (Å²) < 4.78 is 12.7. The van der Waals surface area contributed by atoms with Crippen molar-refractivity contribution in [2.45, 2.75) is 33.7 Å². The molecule has 8 heteroatoms. The fourth-order valence-electron chi connectivity index (χ4n) is 2.96. The molecule has 158 valence electrons. The largest absolute Gasteiger partial charge is 0.464 e. The minimum Gasteiger partial charge on any atom is -0.464 e. The molecule has 7 nitrogen and oxygen atoms in total. The van der Waals surface area contributed by atoms with Crippen LogP contribution in [0.1, 0.15) is 39.6 Å².